The molecule has 0 saturated carbocycles. The van der Waals surface area contributed by atoms with Crippen molar-refractivity contribution >= 4 is 34.4 Å². The fraction of sp³-hybridized carbons (Fsp3) is 0.0526. The van der Waals surface area contributed by atoms with Crippen LogP contribution in [0.3, 0.4) is 0 Å². The number of thioether (sulfide) groups is 1. The summed E-state index contributed by atoms with van der Waals surface area (Å²) >= 11 is 7.62. The Labute approximate surface area is 153 Å². The van der Waals surface area contributed by atoms with Gasteiger partial charge in [0.2, 0.25) is 0 Å². The molecule has 3 nitrogen and oxygen atoms in total. The molecule has 25 heavy (non-hydrogen) atoms. The lowest BCUT2D eigenvalue weighted by atomic mass is 10.2. The van der Waals surface area contributed by atoms with Gasteiger partial charge in [0, 0.05) is 27.4 Å². The molecule has 6 heteroatoms. The molecule has 2 aromatic heterocycles. The topological polar surface area (TPSA) is 41.6 Å². The maximum atomic E-state index is 13.9. The third-order valence-electron chi connectivity index (χ3n) is 3.81. The first-order valence-corrected chi connectivity index (χ1v) is 9.04. The molecule has 0 spiro atoms. The number of halogens is 2. The number of aromatic nitrogens is 3. The zero-order chi connectivity index (χ0) is 17.2. The van der Waals surface area contributed by atoms with Gasteiger partial charge < -0.3 is 4.98 Å². The molecule has 2 heterocycles. The monoisotopic (exact) mass is 369 g/mol. The van der Waals surface area contributed by atoms with Gasteiger partial charge in [0.1, 0.15) is 11.5 Å². The Balaban J connectivity index is 1.59. The van der Waals surface area contributed by atoms with Gasteiger partial charge in [-0.2, -0.15) is 0 Å². The van der Waals surface area contributed by atoms with Crippen molar-refractivity contribution in [1.29, 1.82) is 0 Å². The minimum absolute atomic E-state index is 0.278. The second kappa shape index (κ2) is 6.86. The fourth-order valence-corrected chi connectivity index (χ4v) is 3.81. The zero-order valence-electron chi connectivity index (χ0n) is 13.0. The van der Waals surface area contributed by atoms with Crippen molar-refractivity contribution in [1.82, 2.24) is 15.0 Å². The molecule has 1 N–H and O–H groups in total. The van der Waals surface area contributed by atoms with Gasteiger partial charge in [0.25, 0.3) is 0 Å². The van der Waals surface area contributed by atoms with E-state index in [1.807, 2.05) is 36.4 Å². The molecule has 0 radical (unpaired) electrons. The van der Waals surface area contributed by atoms with Gasteiger partial charge in [-0.25, -0.2) is 9.37 Å². The Morgan fingerprint density at radius 1 is 1.08 bits per heavy atom. The first-order valence-electron chi connectivity index (χ1n) is 7.67. The van der Waals surface area contributed by atoms with Gasteiger partial charge in [-0.1, -0.05) is 23.7 Å². The lowest BCUT2D eigenvalue weighted by Crippen LogP contribution is -1.88. The van der Waals surface area contributed by atoms with E-state index in [0.717, 1.165) is 27.4 Å². The number of imidazole rings is 1. The standard InChI is InChI=1S/C19H13ClFN3S/c20-14-4-3-5-15(21)13(14)11-25-12-7-8-16-18(10-12)24-19(23-16)17-6-1-2-9-22-17/h1-10H,11H2,(H,23,24). The largest absolute Gasteiger partial charge is 0.337 e. The summed E-state index contributed by atoms with van der Waals surface area (Å²) in [5, 5.41) is 0.451. The van der Waals surface area contributed by atoms with E-state index in [0.29, 0.717) is 16.3 Å². The Hall–Kier alpha value is -2.37. The number of H-pyrrole nitrogens is 1. The van der Waals surface area contributed by atoms with E-state index in [1.54, 1.807) is 18.3 Å². The highest BCUT2D eigenvalue weighted by Crippen LogP contribution is 2.30. The van der Waals surface area contributed by atoms with E-state index >= 15 is 0 Å². The lowest BCUT2D eigenvalue weighted by Gasteiger charge is -2.05. The van der Waals surface area contributed by atoms with E-state index in [9.17, 15) is 4.39 Å². The van der Waals surface area contributed by atoms with Crippen LogP contribution in [0.15, 0.2) is 65.7 Å². The van der Waals surface area contributed by atoms with E-state index in [1.165, 1.54) is 17.8 Å². The smallest absolute Gasteiger partial charge is 0.157 e. The molecule has 2 aromatic carbocycles. The number of nitrogens with zero attached hydrogens (tertiary/aromatic N) is 2. The van der Waals surface area contributed by atoms with Gasteiger partial charge in [-0.05, 0) is 42.5 Å². The Kier molecular flexibility index (Phi) is 4.42. The fourth-order valence-electron chi connectivity index (χ4n) is 2.53. The Morgan fingerprint density at radius 3 is 2.80 bits per heavy atom. The summed E-state index contributed by atoms with van der Waals surface area (Å²) in [6.45, 7) is 0. The van der Waals surface area contributed by atoms with Crippen molar-refractivity contribution in [3.8, 4) is 11.5 Å². The van der Waals surface area contributed by atoms with Crippen molar-refractivity contribution in [3.05, 3.63) is 77.2 Å². The number of nitrogens with one attached hydrogen (secondary N) is 1. The molecule has 0 fully saturated rings. The van der Waals surface area contributed by atoms with Gasteiger partial charge in [0.15, 0.2) is 5.82 Å². The van der Waals surface area contributed by atoms with Gasteiger partial charge >= 0.3 is 0 Å². The van der Waals surface area contributed by atoms with E-state index in [2.05, 4.69) is 15.0 Å². The third kappa shape index (κ3) is 3.38. The molecule has 0 atom stereocenters. The van der Waals surface area contributed by atoms with Crippen LogP contribution < -0.4 is 0 Å². The minimum Gasteiger partial charge on any atom is -0.337 e. The molecule has 124 valence electrons. The Bertz CT molecular complexity index is 1010. The van der Waals surface area contributed by atoms with Crippen molar-refractivity contribution < 1.29 is 4.39 Å². The van der Waals surface area contributed by atoms with Crippen molar-refractivity contribution in [2.75, 3.05) is 0 Å². The molecule has 0 aliphatic heterocycles. The van der Waals surface area contributed by atoms with Crippen LogP contribution in [-0.4, -0.2) is 15.0 Å². The van der Waals surface area contributed by atoms with E-state index in [-0.39, 0.29) is 5.82 Å². The first-order chi connectivity index (χ1) is 12.2. The van der Waals surface area contributed by atoms with Gasteiger partial charge in [0.05, 0.1) is 11.0 Å². The average molecular weight is 370 g/mol. The van der Waals surface area contributed by atoms with Crippen molar-refractivity contribution in [3.63, 3.8) is 0 Å². The number of benzene rings is 2. The Morgan fingerprint density at radius 2 is 2.00 bits per heavy atom. The summed E-state index contributed by atoms with van der Waals surface area (Å²) in [6.07, 6.45) is 1.74. The summed E-state index contributed by atoms with van der Waals surface area (Å²) in [5.41, 5.74) is 3.11. The first kappa shape index (κ1) is 16.1. The molecule has 0 unspecified atom stereocenters. The van der Waals surface area contributed by atoms with Gasteiger partial charge in [-0.3, -0.25) is 4.98 Å². The van der Waals surface area contributed by atoms with Crippen LogP contribution in [-0.2, 0) is 5.75 Å². The van der Waals surface area contributed by atoms with Crippen LogP contribution in [0, 0.1) is 5.82 Å². The maximum absolute atomic E-state index is 13.9. The molecular weight excluding hydrogens is 357 g/mol. The summed E-state index contributed by atoms with van der Waals surface area (Å²) in [5.74, 6) is 0.924. The van der Waals surface area contributed by atoms with Crippen LogP contribution in [0.4, 0.5) is 4.39 Å². The molecule has 0 aliphatic rings. The predicted molar refractivity (Wildman–Crippen MR) is 100 cm³/mol. The van der Waals surface area contributed by atoms with Crippen LogP contribution in [0.25, 0.3) is 22.6 Å². The van der Waals surface area contributed by atoms with Crippen LogP contribution in [0.5, 0.6) is 0 Å². The number of hydrogen-bond acceptors (Lipinski definition) is 3. The normalized spacial score (nSPS) is 11.1. The SMILES string of the molecule is Fc1cccc(Cl)c1CSc1ccc2nc(-c3ccccn3)[nH]c2c1. The number of rotatable bonds is 4. The third-order valence-corrected chi connectivity index (χ3v) is 5.18. The van der Waals surface area contributed by atoms with Crippen LogP contribution >= 0.6 is 23.4 Å². The quantitative estimate of drug-likeness (QED) is 0.468. The molecular formula is C19H13ClFN3S. The molecule has 0 amide bonds. The number of fused-ring (bicyclic) bond motifs is 1. The van der Waals surface area contributed by atoms with Crippen LogP contribution in [0.2, 0.25) is 5.02 Å². The molecule has 0 saturated heterocycles. The maximum Gasteiger partial charge on any atom is 0.157 e. The van der Waals surface area contributed by atoms with Gasteiger partial charge in [-0.15, -0.1) is 11.8 Å². The molecule has 4 aromatic rings. The lowest BCUT2D eigenvalue weighted by molar-refractivity contribution is 0.617. The highest BCUT2D eigenvalue weighted by molar-refractivity contribution is 7.98. The number of aromatic amines is 1. The minimum atomic E-state index is -0.278. The molecule has 0 bridgehead atoms. The summed E-state index contributed by atoms with van der Waals surface area (Å²) < 4.78 is 13.9. The summed E-state index contributed by atoms with van der Waals surface area (Å²) in [4.78, 5) is 13.2. The molecule has 4 rings (SSSR count). The van der Waals surface area contributed by atoms with Crippen molar-refractivity contribution in [2.45, 2.75) is 10.6 Å². The highest BCUT2D eigenvalue weighted by atomic mass is 35.5. The predicted octanol–water partition coefficient (Wildman–Crippen LogP) is 5.71. The summed E-state index contributed by atoms with van der Waals surface area (Å²) in [7, 11) is 0. The van der Waals surface area contributed by atoms with Crippen LogP contribution in [0.1, 0.15) is 5.56 Å². The van der Waals surface area contributed by atoms with E-state index < -0.39 is 0 Å². The number of pyridine rings is 1. The highest BCUT2D eigenvalue weighted by Gasteiger charge is 2.10. The summed E-state index contributed by atoms with van der Waals surface area (Å²) in [6, 6.07) is 16.4. The van der Waals surface area contributed by atoms with E-state index in [4.69, 9.17) is 11.6 Å². The second-order valence-electron chi connectivity index (χ2n) is 5.47. The average Bonchev–Trinajstić information content (AvgIpc) is 3.05. The second-order valence-corrected chi connectivity index (χ2v) is 6.92. The number of hydrogen-bond donors (Lipinski definition) is 1. The van der Waals surface area contributed by atoms with Crippen molar-refractivity contribution in [2.24, 2.45) is 0 Å². The molecule has 0 aliphatic carbocycles. The zero-order valence-corrected chi connectivity index (χ0v) is 14.6.